The Kier molecular flexibility index (Phi) is 3.38. The second kappa shape index (κ2) is 4.79. The number of fused-ring (bicyclic) bond motifs is 1. The molecule has 0 bridgehead atoms. The van der Waals surface area contributed by atoms with E-state index in [1.165, 1.54) is 7.11 Å². The van der Waals surface area contributed by atoms with Crippen molar-refractivity contribution in [3.63, 3.8) is 0 Å². The second-order valence-electron chi connectivity index (χ2n) is 3.74. The molecule has 0 aliphatic carbocycles. The van der Waals surface area contributed by atoms with Crippen molar-refractivity contribution >= 4 is 23.4 Å². The summed E-state index contributed by atoms with van der Waals surface area (Å²) in [7, 11) is 1.50. The maximum Gasteiger partial charge on any atom is 0.335 e. The van der Waals surface area contributed by atoms with Gasteiger partial charge >= 0.3 is 5.97 Å². The smallest absolute Gasteiger partial charge is 0.335 e. The van der Waals surface area contributed by atoms with Gasteiger partial charge in [0.15, 0.2) is 0 Å². The van der Waals surface area contributed by atoms with Gasteiger partial charge in [0.1, 0.15) is 7.11 Å². The van der Waals surface area contributed by atoms with Crippen LogP contribution >= 0.6 is 11.8 Å². The number of carboxylic acid groups (broad SMARTS) is 1. The molecule has 1 aromatic rings. The summed E-state index contributed by atoms with van der Waals surface area (Å²) in [5.41, 5.74) is 2.85. The first kappa shape index (κ1) is 12.0. The molecule has 0 unspecified atom stereocenters. The average Bonchev–Trinajstić information content (AvgIpc) is 2.29. The molecule has 0 radical (unpaired) electrons. The van der Waals surface area contributed by atoms with Crippen LogP contribution in [-0.2, 0) is 4.84 Å². The van der Waals surface area contributed by atoms with Crippen LogP contribution in [0.5, 0.6) is 0 Å². The quantitative estimate of drug-likeness (QED) is 0.821. The SMILES string of the molecule is CO/N=C1\CCSc2ccc(C(=O)O)c(C)c21. The largest absolute Gasteiger partial charge is 0.478 e. The van der Waals surface area contributed by atoms with Crippen molar-refractivity contribution in [2.45, 2.75) is 18.2 Å². The van der Waals surface area contributed by atoms with Crippen molar-refractivity contribution in [1.29, 1.82) is 0 Å². The minimum absolute atomic E-state index is 0.329. The number of benzene rings is 1. The fraction of sp³-hybridized carbons (Fsp3) is 0.333. The second-order valence-corrected chi connectivity index (χ2v) is 4.87. The fourth-order valence-electron chi connectivity index (χ4n) is 1.98. The molecule has 1 N–H and O–H groups in total. The minimum Gasteiger partial charge on any atom is -0.478 e. The Balaban J connectivity index is 2.62. The summed E-state index contributed by atoms with van der Waals surface area (Å²) >= 11 is 1.72. The maximum atomic E-state index is 11.1. The van der Waals surface area contributed by atoms with Crippen molar-refractivity contribution in [2.24, 2.45) is 5.16 Å². The zero-order valence-electron chi connectivity index (χ0n) is 9.69. The first-order valence-electron chi connectivity index (χ1n) is 5.25. The number of hydrogen-bond acceptors (Lipinski definition) is 4. The van der Waals surface area contributed by atoms with Crippen LogP contribution in [0.1, 0.15) is 27.9 Å². The van der Waals surface area contributed by atoms with Gasteiger partial charge < -0.3 is 9.94 Å². The third-order valence-electron chi connectivity index (χ3n) is 2.74. The van der Waals surface area contributed by atoms with Crippen LogP contribution < -0.4 is 0 Å². The van der Waals surface area contributed by atoms with Gasteiger partial charge in [0, 0.05) is 22.6 Å². The highest BCUT2D eigenvalue weighted by molar-refractivity contribution is 7.99. The van der Waals surface area contributed by atoms with Gasteiger partial charge in [0.05, 0.1) is 11.3 Å². The van der Waals surface area contributed by atoms with Gasteiger partial charge in [0.25, 0.3) is 0 Å². The van der Waals surface area contributed by atoms with E-state index in [0.29, 0.717) is 5.56 Å². The third-order valence-corrected chi connectivity index (χ3v) is 3.80. The molecule has 5 heteroatoms. The maximum absolute atomic E-state index is 11.1. The molecule has 0 saturated carbocycles. The Morgan fingerprint density at radius 2 is 2.29 bits per heavy atom. The van der Waals surface area contributed by atoms with Gasteiger partial charge in [-0.15, -0.1) is 11.8 Å². The van der Waals surface area contributed by atoms with Crippen LogP contribution in [0, 0.1) is 6.92 Å². The van der Waals surface area contributed by atoms with Gasteiger partial charge in [-0.05, 0) is 24.6 Å². The lowest BCUT2D eigenvalue weighted by atomic mass is 9.97. The van der Waals surface area contributed by atoms with Crippen LogP contribution in [0.4, 0.5) is 0 Å². The molecule has 90 valence electrons. The lowest BCUT2D eigenvalue weighted by Gasteiger charge is -2.20. The first-order valence-corrected chi connectivity index (χ1v) is 6.23. The van der Waals surface area contributed by atoms with E-state index >= 15 is 0 Å². The summed E-state index contributed by atoms with van der Waals surface area (Å²) in [6.45, 7) is 1.82. The summed E-state index contributed by atoms with van der Waals surface area (Å²) in [5, 5.41) is 13.1. The van der Waals surface area contributed by atoms with E-state index in [1.807, 2.05) is 13.0 Å². The molecule has 0 spiro atoms. The highest BCUT2D eigenvalue weighted by atomic mass is 32.2. The van der Waals surface area contributed by atoms with E-state index in [4.69, 9.17) is 9.94 Å². The summed E-state index contributed by atoms with van der Waals surface area (Å²) in [5.74, 6) is 0.0405. The van der Waals surface area contributed by atoms with E-state index in [9.17, 15) is 4.79 Å². The number of oxime groups is 1. The van der Waals surface area contributed by atoms with Gasteiger partial charge in [-0.1, -0.05) is 5.16 Å². The number of hydrogen-bond donors (Lipinski definition) is 1. The zero-order chi connectivity index (χ0) is 12.4. The lowest BCUT2D eigenvalue weighted by Crippen LogP contribution is -2.14. The van der Waals surface area contributed by atoms with E-state index in [1.54, 1.807) is 17.8 Å². The van der Waals surface area contributed by atoms with E-state index < -0.39 is 5.97 Å². The molecular weight excluding hydrogens is 238 g/mol. The molecule has 17 heavy (non-hydrogen) atoms. The molecule has 0 fully saturated rings. The lowest BCUT2D eigenvalue weighted by molar-refractivity contribution is 0.0696. The van der Waals surface area contributed by atoms with Crippen molar-refractivity contribution in [1.82, 2.24) is 0 Å². The van der Waals surface area contributed by atoms with Gasteiger partial charge in [-0.3, -0.25) is 0 Å². The summed E-state index contributed by atoms with van der Waals surface area (Å²) in [4.78, 5) is 17.0. The Labute approximate surface area is 104 Å². The topological polar surface area (TPSA) is 58.9 Å². The first-order chi connectivity index (χ1) is 8.15. The number of rotatable bonds is 2. The van der Waals surface area contributed by atoms with E-state index in [2.05, 4.69) is 5.16 Å². The zero-order valence-corrected chi connectivity index (χ0v) is 10.5. The molecule has 1 aliphatic rings. The van der Waals surface area contributed by atoms with Crippen molar-refractivity contribution in [3.05, 3.63) is 28.8 Å². The van der Waals surface area contributed by atoms with Crippen LogP contribution in [0.25, 0.3) is 0 Å². The number of aromatic carboxylic acids is 1. The van der Waals surface area contributed by atoms with Gasteiger partial charge in [0.2, 0.25) is 0 Å². The molecule has 0 atom stereocenters. The van der Waals surface area contributed by atoms with E-state index in [0.717, 1.165) is 33.9 Å². The minimum atomic E-state index is -0.905. The molecule has 0 saturated heterocycles. The molecule has 1 heterocycles. The van der Waals surface area contributed by atoms with Crippen LogP contribution in [0.3, 0.4) is 0 Å². The van der Waals surface area contributed by atoms with Crippen LogP contribution in [-0.4, -0.2) is 29.7 Å². The summed E-state index contributed by atoms with van der Waals surface area (Å²) in [6.07, 6.45) is 0.801. The highest BCUT2D eigenvalue weighted by Gasteiger charge is 2.22. The Bertz CT molecular complexity index is 497. The normalized spacial score (nSPS) is 16.7. The number of carboxylic acids is 1. The molecule has 1 aliphatic heterocycles. The Morgan fingerprint density at radius 1 is 1.53 bits per heavy atom. The van der Waals surface area contributed by atoms with Crippen LogP contribution in [0.2, 0.25) is 0 Å². The predicted molar refractivity (Wildman–Crippen MR) is 67.0 cm³/mol. The Hall–Kier alpha value is -1.49. The van der Waals surface area contributed by atoms with Crippen LogP contribution in [0.15, 0.2) is 22.2 Å². The number of nitrogens with zero attached hydrogens (tertiary/aromatic N) is 1. The van der Waals surface area contributed by atoms with Gasteiger partial charge in [-0.25, -0.2) is 4.79 Å². The third kappa shape index (κ3) is 2.15. The van der Waals surface area contributed by atoms with Crippen molar-refractivity contribution in [3.8, 4) is 0 Å². The van der Waals surface area contributed by atoms with Crippen molar-refractivity contribution in [2.75, 3.05) is 12.9 Å². The van der Waals surface area contributed by atoms with Gasteiger partial charge in [-0.2, -0.15) is 0 Å². The highest BCUT2D eigenvalue weighted by Crippen LogP contribution is 2.33. The number of thioether (sulfide) groups is 1. The Morgan fingerprint density at radius 3 is 2.94 bits per heavy atom. The van der Waals surface area contributed by atoms with E-state index in [-0.39, 0.29) is 0 Å². The monoisotopic (exact) mass is 251 g/mol. The molecule has 2 rings (SSSR count). The summed E-state index contributed by atoms with van der Waals surface area (Å²) in [6, 6.07) is 3.50. The summed E-state index contributed by atoms with van der Waals surface area (Å²) < 4.78 is 0. The molecule has 0 amide bonds. The molecular formula is C12H13NO3S. The van der Waals surface area contributed by atoms with Crippen molar-refractivity contribution < 1.29 is 14.7 Å². The predicted octanol–water partition coefficient (Wildman–Crippen LogP) is 2.54. The fourth-order valence-corrected chi connectivity index (χ4v) is 3.08. The number of carbonyl (C=O) groups is 1. The molecule has 0 aromatic heterocycles. The molecule has 4 nitrogen and oxygen atoms in total. The molecule has 1 aromatic carbocycles. The standard InChI is InChI=1S/C12H13NO3S/c1-7-8(12(14)15)3-4-10-11(7)9(13-16-2)5-6-17-10/h3-4H,5-6H2,1-2H3,(H,14,15)/b13-9+. The average molecular weight is 251 g/mol.